The quantitative estimate of drug-likeness (QED) is 0.649. The number of nitrogens with zero attached hydrogens (tertiary/aromatic N) is 1. The van der Waals surface area contributed by atoms with Gasteiger partial charge in [0.25, 0.3) is 0 Å². The number of piperidine rings is 1. The second kappa shape index (κ2) is 9.32. The highest BCUT2D eigenvalue weighted by Gasteiger charge is 2.25. The van der Waals surface area contributed by atoms with Crippen LogP contribution in [0.15, 0.2) is 0 Å². The van der Waals surface area contributed by atoms with Gasteiger partial charge in [-0.05, 0) is 45.7 Å². The monoisotopic (exact) mass is 285 g/mol. The van der Waals surface area contributed by atoms with E-state index in [1.165, 1.54) is 19.4 Å². The van der Waals surface area contributed by atoms with Crippen molar-refractivity contribution in [2.24, 2.45) is 5.92 Å². The number of carbonyl (C=O) groups excluding carboxylic acids is 1. The van der Waals surface area contributed by atoms with Crippen molar-refractivity contribution in [3.8, 4) is 0 Å². The van der Waals surface area contributed by atoms with Crippen LogP contribution in [-0.4, -0.2) is 62.8 Å². The molecule has 118 valence electrons. The molecule has 0 spiro atoms. The first-order chi connectivity index (χ1) is 9.58. The van der Waals surface area contributed by atoms with Crippen LogP contribution in [0.3, 0.4) is 0 Å². The Bertz CT molecular complexity index is 286. The minimum Gasteiger partial charge on any atom is -0.383 e. The summed E-state index contributed by atoms with van der Waals surface area (Å²) in [7, 11) is 1.64. The fourth-order valence-corrected chi connectivity index (χ4v) is 2.82. The molecule has 0 bridgehead atoms. The predicted octanol–water partition coefficient (Wildman–Crippen LogP) is 0.848. The predicted molar refractivity (Wildman–Crippen MR) is 81.8 cm³/mol. The first-order valence-corrected chi connectivity index (χ1v) is 7.83. The average molecular weight is 285 g/mol. The summed E-state index contributed by atoms with van der Waals surface area (Å²) in [6.07, 6.45) is 2.52. The molecule has 0 aromatic rings. The van der Waals surface area contributed by atoms with Gasteiger partial charge in [0, 0.05) is 26.2 Å². The molecule has 3 atom stereocenters. The largest absolute Gasteiger partial charge is 0.383 e. The van der Waals surface area contributed by atoms with Crippen molar-refractivity contribution in [2.75, 3.05) is 39.9 Å². The number of rotatable bonds is 8. The number of carbonyl (C=O) groups is 1. The van der Waals surface area contributed by atoms with E-state index in [4.69, 9.17) is 4.74 Å². The third-order valence-electron chi connectivity index (χ3n) is 4.21. The molecule has 0 aromatic heterocycles. The van der Waals surface area contributed by atoms with E-state index < -0.39 is 0 Å². The fraction of sp³-hybridized carbons (Fsp3) is 0.933. The maximum Gasteiger partial charge on any atom is 0.236 e. The maximum absolute atomic E-state index is 11.9. The number of hydrogen-bond acceptors (Lipinski definition) is 4. The minimum atomic E-state index is -0.154. The highest BCUT2D eigenvalue weighted by Crippen LogP contribution is 2.19. The van der Waals surface area contributed by atoms with Crippen LogP contribution in [0.5, 0.6) is 0 Å². The van der Waals surface area contributed by atoms with Crippen molar-refractivity contribution in [1.82, 2.24) is 15.5 Å². The molecule has 0 aromatic carbocycles. The zero-order valence-electron chi connectivity index (χ0n) is 13.4. The van der Waals surface area contributed by atoms with Gasteiger partial charge in [-0.2, -0.15) is 0 Å². The zero-order chi connectivity index (χ0) is 15.0. The van der Waals surface area contributed by atoms with Gasteiger partial charge < -0.3 is 20.3 Å². The minimum absolute atomic E-state index is 0.0528. The molecule has 1 saturated heterocycles. The lowest BCUT2D eigenvalue weighted by atomic mass is 9.91. The molecule has 20 heavy (non-hydrogen) atoms. The molecule has 5 nitrogen and oxygen atoms in total. The van der Waals surface area contributed by atoms with Gasteiger partial charge in [0.15, 0.2) is 0 Å². The van der Waals surface area contributed by atoms with Crippen molar-refractivity contribution in [3.63, 3.8) is 0 Å². The summed E-state index contributed by atoms with van der Waals surface area (Å²) in [4.78, 5) is 14.4. The summed E-state index contributed by atoms with van der Waals surface area (Å²) >= 11 is 0. The van der Waals surface area contributed by atoms with E-state index in [0.717, 1.165) is 13.1 Å². The molecule has 2 N–H and O–H groups in total. The summed E-state index contributed by atoms with van der Waals surface area (Å²) in [6.45, 7) is 10.9. The van der Waals surface area contributed by atoms with Crippen LogP contribution in [0.1, 0.15) is 33.6 Å². The smallest absolute Gasteiger partial charge is 0.236 e. The maximum atomic E-state index is 11.9. The van der Waals surface area contributed by atoms with Gasteiger partial charge in [0.1, 0.15) is 0 Å². The van der Waals surface area contributed by atoms with Gasteiger partial charge in [0.2, 0.25) is 5.91 Å². The van der Waals surface area contributed by atoms with E-state index in [9.17, 15) is 4.79 Å². The molecule has 3 unspecified atom stereocenters. The summed E-state index contributed by atoms with van der Waals surface area (Å²) in [5, 5.41) is 6.32. The van der Waals surface area contributed by atoms with E-state index in [1.807, 2.05) is 6.92 Å². The Balaban J connectivity index is 2.32. The van der Waals surface area contributed by atoms with E-state index in [-0.39, 0.29) is 11.9 Å². The fourth-order valence-electron chi connectivity index (χ4n) is 2.82. The summed E-state index contributed by atoms with van der Waals surface area (Å²) < 4.78 is 4.93. The van der Waals surface area contributed by atoms with Gasteiger partial charge in [-0.25, -0.2) is 0 Å². The van der Waals surface area contributed by atoms with Crippen molar-refractivity contribution in [1.29, 1.82) is 0 Å². The van der Waals surface area contributed by atoms with E-state index >= 15 is 0 Å². The highest BCUT2D eigenvalue weighted by atomic mass is 16.5. The molecule has 0 saturated carbocycles. The Hall–Kier alpha value is -0.650. The summed E-state index contributed by atoms with van der Waals surface area (Å²) in [5.41, 5.74) is 0. The van der Waals surface area contributed by atoms with Crippen LogP contribution in [-0.2, 0) is 9.53 Å². The molecule has 1 rings (SSSR count). The molecule has 0 radical (unpaired) electrons. The van der Waals surface area contributed by atoms with Crippen LogP contribution >= 0.6 is 0 Å². The standard InChI is InChI=1S/C15H31N3O2/c1-5-18-9-6-7-14(11-18)12(2)17-13(3)15(19)16-8-10-20-4/h12-14,17H,5-11H2,1-4H3,(H,16,19). The first kappa shape index (κ1) is 17.4. The van der Waals surface area contributed by atoms with E-state index in [0.29, 0.717) is 25.1 Å². The lowest BCUT2D eigenvalue weighted by Gasteiger charge is -2.36. The molecular formula is C15H31N3O2. The Morgan fingerprint density at radius 2 is 2.20 bits per heavy atom. The van der Waals surface area contributed by atoms with Gasteiger partial charge >= 0.3 is 0 Å². The molecule has 1 amide bonds. The van der Waals surface area contributed by atoms with Crippen molar-refractivity contribution >= 4 is 5.91 Å². The zero-order valence-corrected chi connectivity index (χ0v) is 13.4. The van der Waals surface area contributed by atoms with Crippen LogP contribution in [0.25, 0.3) is 0 Å². The molecule has 1 aliphatic heterocycles. The second-order valence-corrected chi connectivity index (χ2v) is 5.76. The number of methoxy groups -OCH3 is 1. The number of amides is 1. The van der Waals surface area contributed by atoms with Crippen LogP contribution < -0.4 is 10.6 Å². The number of nitrogens with one attached hydrogen (secondary N) is 2. The molecule has 5 heteroatoms. The third-order valence-corrected chi connectivity index (χ3v) is 4.21. The topological polar surface area (TPSA) is 53.6 Å². The molecular weight excluding hydrogens is 254 g/mol. The SMILES string of the molecule is CCN1CCCC(C(C)NC(C)C(=O)NCCOC)C1. The summed E-state index contributed by atoms with van der Waals surface area (Å²) in [5.74, 6) is 0.690. The Kier molecular flexibility index (Phi) is 8.11. The normalized spacial score (nSPS) is 23.3. The summed E-state index contributed by atoms with van der Waals surface area (Å²) in [6, 6.07) is 0.214. The van der Waals surface area contributed by atoms with E-state index in [1.54, 1.807) is 7.11 Å². The van der Waals surface area contributed by atoms with Crippen LogP contribution in [0.4, 0.5) is 0 Å². The first-order valence-electron chi connectivity index (χ1n) is 7.83. The average Bonchev–Trinajstić information content (AvgIpc) is 2.47. The van der Waals surface area contributed by atoms with Gasteiger partial charge in [-0.1, -0.05) is 6.92 Å². The Morgan fingerprint density at radius 3 is 2.85 bits per heavy atom. The van der Waals surface area contributed by atoms with Crippen molar-refractivity contribution < 1.29 is 9.53 Å². The van der Waals surface area contributed by atoms with Gasteiger partial charge in [-0.3, -0.25) is 4.79 Å². The molecule has 1 aliphatic rings. The number of hydrogen-bond donors (Lipinski definition) is 2. The van der Waals surface area contributed by atoms with Gasteiger partial charge in [0.05, 0.1) is 12.6 Å². The Morgan fingerprint density at radius 1 is 1.45 bits per heavy atom. The molecule has 1 heterocycles. The van der Waals surface area contributed by atoms with Crippen molar-refractivity contribution in [3.05, 3.63) is 0 Å². The molecule has 1 fully saturated rings. The van der Waals surface area contributed by atoms with Crippen molar-refractivity contribution in [2.45, 2.75) is 45.7 Å². The lowest BCUT2D eigenvalue weighted by molar-refractivity contribution is -0.123. The third kappa shape index (κ3) is 5.77. The second-order valence-electron chi connectivity index (χ2n) is 5.76. The number of ether oxygens (including phenoxy) is 1. The lowest BCUT2D eigenvalue weighted by Crippen LogP contribution is -2.51. The Labute approximate surface area is 123 Å². The number of likely N-dealkylation sites (tertiary alicyclic amines) is 1. The van der Waals surface area contributed by atoms with Crippen LogP contribution in [0.2, 0.25) is 0 Å². The van der Waals surface area contributed by atoms with Gasteiger partial charge in [-0.15, -0.1) is 0 Å². The molecule has 0 aliphatic carbocycles. The van der Waals surface area contributed by atoms with Crippen LogP contribution in [0, 0.1) is 5.92 Å². The van der Waals surface area contributed by atoms with E-state index in [2.05, 4.69) is 29.4 Å². The highest BCUT2D eigenvalue weighted by molar-refractivity contribution is 5.81.